The zero-order valence-electron chi connectivity index (χ0n) is 19.6. The molecular formula is C26H30N4O5. The van der Waals surface area contributed by atoms with Gasteiger partial charge in [0.05, 0.1) is 17.7 Å². The number of hydrogen-bond acceptors (Lipinski definition) is 5. The van der Waals surface area contributed by atoms with Gasteiger partial charge in [-0.2, -0.15) is 0 Å². The van der Waals surface area contributed by atoms with Crippen LogP contribution in [0.2, 0.25) is 0 Å². The number of aromatic nitrogens is 2. The number of nitrogens with one attached hydrogen (secondary N) is 2. The van der Waals surface area contributed by atoms with Crippen LogP contribution in [0, 0.1) is 5.92 Å². The number of carboxylic acid groups (broad SMARTS) is 1. The molecule has 184 valence electrons. The minimum atomic E-state index is -1.00. The van der Waals surface area contributed by atoms with Gasteiger partial charge in [0.15, 0.2) is 0 Å². The van der Waals surface area contributed by atoms with Gasteiger partial charge in [0.1, 0.15) is 11.5 Å². The maximum Gasteiger partial charge on any atom is 0.335 e. The highest BCUT2D eigenvalue weighted by Crippen LogP contribution is 2.15. The van der Waals surface area contributed by atoms with Crippen LogP contribution in [-0.2, 0) is 24.2 Å². The number of hydroxylamine groups is 1. The first-order valence-electron chi connectivity index (χ1n) is 11.6. The normalized spacial score (nSPS) is 11.6. The van der Waals surface area contributed by atoms with E-state index in [1.54, 1.807) is 17.6 Å². The number of amides is 2. The molecule has 0 bridgehead atoms. The van der Waals surface area contributed by atoms with Crippen molar-refractivity contribution in [3.8, 4) is 0 Å². The number of benzene rings is 2. The van der Waals surface area contributed by atoms with Gasteiger partial charge in [-0.1, -0.05) is 55.8 Å². The fraction of sp³-hybridized carbons (Fsp3) is 0.308. The summed E-state index contributed by atoms with van der Waals surface area (Å²) in [5, 5.41) is 21.1. The lowest BCUT2D eigenvalue weighted by Gasteiger charge is -2.17. The van der Waals surface area contributed by atoms with Gasteiger partial charge >= 0.3 is 5.97 Å². The van der Waals surface area contributed by atoms with Gasteiger partial charge in [-0.15, -0.1) is 0 Å². The second-order valence-corrected chi connectivity index (χ2v) is 8.32. The molecular weight excluding hydrogens is 448 g/mol. The van der Waals surface area contributed by atoms with Crippen LogP contribution in [0.25, 0.3) is 0 Å². The van der Waals surface area contributed by atoms with Crippen molar-refractivity contribution in [3.05, 3.63) is 89.0 Å². The largest absolute Gasteiger partial charge is 0.478 e. The number of aryl methyl sites for hydroxylation is 1. The molecule has 0 fully saturated rings. The average Bonchev–Trinajstić information content (AvgIpc) is 3.27. The van der Waals surface area contributed by atoms with E-state index in [9.17, 15) is 14.4 Å². The Bertz CT molecular complexity index is 1140. The van der Waals surface area contributed by atoms with E-state index in [1.165, 1.54) is 18.3 Å². The van der Waals surface area contributed by atoms with Crippen molar-refractivity contribution in [3.63, 3.8) is 0 Å². The lowest BCUT2D eigenvalue weighted by Crippen LogP contribution is -2.39. The number of aromatic carboxylic acids is 1. The summed E-state index contributed by atoms with van der Waals surface area (Å²) in [5.74, 6) is -1.87. The summed E-state index contributed by atoms with van der Waals surface area (Å²) in [7, 11) is 0. The minimum Gasteiger partial charge on any atom is -0.478 e. The molecule has 0 aliphatic heterocycles. The SMILES string of the molecule is CCCCc1ncc(C(=O)NCC(Cc2ccccc2)C(=O)NO)n1Cc1ccc(C(=O)O)cc1. The van der Waals surface area contributed by atoms with E-state index < -0.39 is 17.8 Å². The van der Waals surface area contributed by atoms with E-state index >= 15 is 0 Å². The van der Waals surface area contributed by atoms with Crippen molar-refractivity contribution < 1.29 is 24.7 Å². The van der Waals surface area contributed by atoms with Crippen molar-refractivity contribution in [2.24, 2.45) is 5.92 Å². The van der Waals surface area contributed by atoms with Gasteiger partial charge in [0.25, 0.3) is 5.91 Å². The summed E-state index contributed by atoms with van der Waals surface area (Å²) >= 11 is 0. The molecule has 1 heterocycles. The first kappa shape index (κ1) is 25.6. The Morgan fingerprint density at radius 1 is 1.03 bits per heavy atom. The van der Waals surface area contributed by atoms with Crippen molar-refractivity contribution in [2.45, 2.75) is 39.2 Å². The van der Waals surface area contributed by atoms with Crippen LogP contribution in [0.1, 0.15) is 57.6 Å². The zero-order valence-corrected chi connectivity index (χ0v) is 19.6. The van der Waals surface area contributed by atoms with E-state index in [-0.39, 0.29) is 18.0 Å². The van der Waals surface area contributed by atoms with Crippen molar-refractivity contribution in [2.75, 3.05) is 6.54 Å². The molecule has 0 aliphatic carbocycles. The smallest absolute Gasteiger partial charge is 0.335 e. The molecule has 1 unspecified atom stereocenters. The molecule has 0 aliphatic rings. The number of carboxylic acids is 1. The average molecular weight is 479 g/mol. The van der Waals surface area contributed by atoms with Crippen LogP contribution in [0.15, 0.2) is 60.8 Å². The van der Waals surface area contributed by atoms with Crippen molar-refractivity contribution in [1.29, 1.82) is 0 Å². The Morgan fingerprint density at radius 2 is 1.74 bits per heavy atom. The Kier molecular flexibility index (Phi) is 9.14. The van der Waals surface area contributed by atoms with Crippen molar-refractivity contribution in [1.82, 2.24) is 20.3 Å². The van der Waals surface area contributed by atoms with Crippen LogP contribution in [-0.4, -0.2) is 44.2 Å². The third-order valence-electron chi connectivity index (χ3n) is 5.78. The molecule has 0 spiro atoms. The highest BCUT2D eigenvalue weighted by Gasteiger charge is 2.22. The summed E-state index contributed by atoms with van der Waals surface area (Å²) in [6.07, 6.45) is 4.44. The van der Waals surface area contributed by atoms with Crippen molar-refractivity contribution >= 4 is 17.8 Å². The number of nitrogens with zero attached hydrogens (tertiary/aromatic N) is 2. The van der Waals surface area contributed by atoms with Gasteiger partial charge in [-0.25, -0.2) is 15.3 Å². The van der Waals surface area contributed by atoms with Crippen LogP contribution in [0.5, 0.6) is 0 Å². The van der Waals surface area contributed by atoms with Gasteiger partial charge < -0.3 is 15.0 Å². The number of imidazole rings is 1. The molecule has 4 N–H and O–H groups in total. The monoisotopic (exact) mass is 478 g/mol. The van der Waals surface area contributed by atoms with Gasteiger partial charge in [-0.05, 0) is 36.1 Å². The number of unbranched alkanes of at least 4 members (excludes halogenated alkanes) is 1. The highest BCUT2D eigenvalue weighted by molar-refractivity contribution is 5.93. The zero-order chi connectivity index (χ0) is 25.2. The summed E-state index contributed by atoms with van der Waals surface area (Å²) in [6.45, 7) is 2.46. The molecule has 0 saturated carbocycles. The maximum atomic E-state index is 13.1. The van der Waals surface area contributed by atoms with E-state index in [0.29, 0.717) is 25.1 Å². The Hall–Kier alpha value is -3.98. The molecule has 9 nitrogen and oxygen atoms in total. The summed E-state index contributed by atoms with van der Waals surface area (Å²) in [5.41, 5.74) is 3.97. The first-order valence-corrected chi connectivity index (χ1v) is 11.6. The minimum absolute atomic E-state index is 0.0307. The van der Waals surface area contributed by atoms with Gasteiger partial charge in [-0.3, -0.25) is 14.8 Å². The third-order valence-corrected chi connectivity index (χ3v) is 5.78. The number of rotatable bonds is 12. The van der Waals surface area contributed by atoms with Crippen LogP contribution in [0.3, 0.4) is 0 Å². The van der Waals surface area contributed by atoms with Gasteiger partial charge in [0.2, 0.25) is 5.91 Å². The molecule has 2 aromatic carbocycles. The topological polar surface area (TPSA) is 134 Å². The van der Waals surface area contributed by atoms with Crippen LogP contribution < -0.4 is 10.8 Å². The predicted octanol–water partition coefficient (Wildman–Crippen LogP) is 3.07. The maximum absolute atomic E-state index is 13.1. The van der Waals surface area contributed by atoms with E-state index in [4.69, 9.17) is 10.3 Å². The predicted molar refractivity (Wildman–Crippen MR) is 129 cm³/mol. The van der Waals surface area contributed by atoms with Crippen LogP contribution in [0.4, 0.5) is 0 Å². The first-order chi connectivity index (χ1) is 16.9. The molecule has 3 rings (SSSR count). The van der Waals surface area contributed by atoms with E-state index in [1.807, 2.05) is 34.9 Å². The fourth-order valence-corrected chi connectivity index (χ4v) is 3.80. The van der Waals surface area contributed by atoms with E-state index in [2.05, 4.69) is 17.2 Å². The molecule has 1 aromatic heterocycles. The summed E-state index contributed by atoms with van der Waals surface area (Å²) in [4.78, 5) is 40.9. The lowest BCUT2D eigenvalue weighted by atomic mass is 9.98. The lowest BCUT2D eigenvalue weighted by molar-refractivity contribution is -0.133. The molecule has 0 saturated heterocycles. The number of hydrogen-bond donors (Lipinski definition) is 4. The Balaban J connectivity index is 1.77. The summed E-state index contributed by atoms with van der Waals surface area (Å²) in [6, 6.07) is 15.9. The Labute approximate surface area is 203 Å². The summed E-state index contributed by atoms with van der Waals surface area (Å²) < 4.78 is 1.82. The third kappa shape index (κ3) is 7.00. The van der Waals surface area contributed by atoms with E-state index in [0.717, 1.165) is 29.8 Å². The second-order valence-electron chi connectivity index (χ2n) is 8.32. The molecule has 1 atom stereocenters. The molecule has 2 amide bonds. The molecule has 3 aromatic rings. The fourth-order valence-electron chi connectivity index (χ4n) is 3.80. The molecule has 9 heteroatoms. The Morgan fingerprint density at radius 3 is 2.37 bits per heavy atom. The molecule has 0 radical (unpaired) electrons. The quantitative estimate of drug-likeness (QED) is 0.234. The number of carbonyl (C=O) groups excluding carboxylic acids is 2. The number of carbonyl (C=O) groups is 3. The highest BCUT2D eigenvalue weighted by atomic mass is 16.5. The van der Waals surface area contributed by atoms with Gasteiger partial charge in [0, 0.05) is 19.5 Å². The standard InChI is InChI=1S/C26H30N4O5/c1-2-3-9-23-27-16-22(30(23)17-19-10-12-20(13-11-19)26(33)34)25(32)28-15-21(24(31)29-35)14-18-7-5-4-6-8-18/h4-8,10-13,16,21,35H,2-3,9,14-15,17H2,1H3,(H,28,32)(H,29,31)(H,33,34). The second kappa shape index (κ2) is 12.5. The molecule has 35 heavy (non-hydrogen) atoms. The van der Waals surface area contributed by atoms with Crippen LogP contribution >= 0.6 is 0 Å².